The van der Waals surface area contributed by atoms with Gasteiger partial charge in [0.25, 0.3) is 0 Å². The summed E-state index contributed by atoms with van der Waals surface area (Å²) in [6, 6.07) is 12.2. The van der Waals surface area contributed by atoms with E-state index in [4.69, 9.17) is 9.47 Å². The fraction of sp³-hybridized carbons (Fsp3) is 0.316. The number of ether oxygens (including phenoxy) is 2. The van der Waals surface area contributed by atoms with Gasteiger partial charge in [0.2, 0.25) is 0 Å². The third-order valence-electron chi connectivity index (χ3n) is 4.11. The van der Waals surface area contributed by atoms with Gasteiger partial charge in [-0.15, -0.1) is 0 Å². The van der Waals surface area contributed by atoms with Crippen molar-refractivity contribution < 1.29 is 19.1 Å². The lowest BCUT2D eigenvalue weighted by Gasteiger charge is -2.35. The highest BCUT2D eigenvalue weighted by Gasteiger charge is 2.21. The fourth-order valence-corrected chi connectivity index (χ4v) is 2.73. The first-order valence-electron chi connectivity index (χ1n) is 8.82. The minimum Gasteiger partial charge on any atom is -0.434 e. The molecular formula is C19H22N4O4. The van der Waals surface area contributed by atoms with Gasteiger partial charge < -0.3 is 24.6 Å². The van der Waals surface area contributed by atoms with Crippen LogP contribution >= 0.6 is 0 Å². The van der Waals surface area contributed by atoms with Crippen molar-refractivity contribution in [2.75, 3.05) is 43.0 Å². The average Bonchev–Trinajstić information content (AvgIpc) is 2.70. The Labute approximate surface area is 157 Å². The van der Waals surface area contributed by atoms with Gasteiger partial charge in [-0.1, -0.05) is 6.07 Å². The number of anilines is 2. The summed E-state index contributed by atoms with van der Waals surface area (Å²) < 4.78 is 9.70. The first kappa shape index (κ1) is 18.5. The summed E-state index contributed by atoms with van der Waals surface area (Å²) in [5.74, 6) is 1.28. The zero-order valence-corrected chi connectivity index (χ0v) is 15.1. The molecule has 8 nitrogen and oxygen atoms in total. The molecule has 0 unspecified atom stereocenters. The number of urea groups is 1. The van der Waals surface area contributed by atoms with Crippen LogP contribution in [-0.2, 0) is 4.74 Å². The molecule has 2 heterocycles. The molecule has 0 aliphatic carbocycles. The van der Waals surface area contributed by atoms with E-state index in [9.17, 15) is 9.59 Å². The number of hydrogen-bond acceptors (Lipinski definition) is 6. The summed E-state index contributed by atoms with van der Waals surface area (Å²) in [6.07, 6.45) is 1.02. The van der Waals surface area contributed by atoms with Crippen LogP contribution in [-0.4, -0.2) is 54.9 Å². The summed E-state index contributed by atoms with van der Waals surface area (Å²) in [5, 5.41) is 2.85. The minimum atomic E-state index is -0.750. The topological polar surface area (TPSA) is 84.0 Å². The number of rotatable bonds is 4. The standard InChI is InChI=1S/C19H22N4O4/c1-2-26-19(25)27-16-8-6-15(7-9-16)21-18(24)23-13-11-22(12-14-23)17-5-3-4-10-20-17/h3-10H,2,11-14H2,1H3,(H,21,24). The van der Waals surface area contributed by atoms with E-state index in [0.29, 0.717) is 24.5 Å². The predicted molar refractivity (Wildman–Crippen MR) is 101 cm³/mol. The Bertz CT molecular complexity index is 759. The normalized spacial score (nSPS) is 13.8. The molecule has 1 aliphatic rings. The van der Waals surface area contributed by atoms with Crippen molar-refractivity contribution in [2.45, 2.75) is 6.92 Å². The lowest BCUT2D eigenvalue weighted by atomic mass is 10.3. The zero-order valence-electron chi connectivity index (χ0n) is 15.1. The Morgan fingerprint density at radius 2 is 1.81 bits per heavy atom. The van der Waals surface area contributed by atoms with Crippen LogP contribution < -0.4 is 15.0 Å². The van der Waals surface area contributed by atoms with E-state index in [0.717, 1.165) is 18.9 Å². The third-order valence-corrected chi connectivity index (χ3v) is 4.11. The Hall–Kier alpha value is -3.29. The summed E-state index contributed by atoms with van der Waals surface area (Å²) in [5.41, 5.74) is 0.628. The molecule has 2 aromatic rings. The van der Waals surface area contributed by atoms with Gasteiger partial charge in [-0.25, -0.2) is 14.6 Å². The summed E-state index contributed by atoms with van der Waals surface area (Å²) >= 11 is 0. The van der Waals surface area contributed by atoms with Crippen LogP contribution in [0.25, 0.3) is 0 Å². The van der Waals surface area contributed by atoms with Crippen LogP contribution in [0, 0.1) is 0 Å². The molecular weight excluding hydrogens is 348 g/mol. The highest BCUT2D eigenvalue weighted by molar-refractivity contribution is 5.89. The molecule has 27 heavy (non-hydrogen) atoms. The maximum absolute atomic E-state index is 12.4. The van der Waals surface area contributed by atoms with E-state index in [2.05, 4.69) is 15.2 Å². The second-order valence-electron chi connectivity index (χ2n) is 5.90. The second-order valence-corrected chi connectivity index (χ2v) is 5.90. The van der Waals surface area contributed by atoms with Gasteiger partial charge in [-0.2, -0.15) is 0 Å². The maximum atomic E-state index is 12.4. The smallest absolute Gasteiger partial charge is 0.434 e. The molecule has 1 N–H and O–H groups in total. The number of pyridine rings is 1. The Morgan fingerprint density at radius 3 is 2.44 bits per heavy atom. The molecule has 1 aromatic heterocycles. The van der Waals surface area contributed by atoms with Crippen LogP contribution in [0.15, 0.2) is 48.7 Å². The van der Waals surface area contributed by atoms with Crippen molar-refractivity contribution in [1.29, 1.82) is 0 Å². The van der Waals surface area contributed by atoms with Crippen LogP contribution in [0.3, 0.4) is 0 Å². The predicted octanol–water partition coefficient (Wildman–Crippen LogP) is 2.97. The number of benzene rings is 1. The monoisotopic (exact) mass is 370 g/mol. The molecule has 0 bridgehead atoms. The van der Waals surface area contributed by atoms with Gasteiger partial charge in [0, 0.05) is 38.1 Å². The summed E-state index contributed by atoms with van der Waals surface area (Å²) in [6.45, 7) is 4.66. The molecule has 0 saturated carbocycles. The Balaban J connectivity index is 1.49. The lowest BCUT2D eigenvalue weighted by Crippen LogP contribution is -2.50. The number of nitrogens with zero attached hydrogens (tertiary/aromatic N) is 3. The summed E-state index contributed by atoms with van der Waals surface area (Å²) in [4.78, 5) is 32.0. The van der Waals surface area contributed by atoms with Gasteiger partial charge in [0.1, 0.15) is 11.6 Å². The zero-order chi connectivity index (χ0) is 19.1. The fourth-order valence-electron chi connectivity index (χ4n) is 2.73. The van der Waals surface area contributed by atoms with E-state index in [-0.39, 0.29) is 12.6 Å². The molecule has 1 saturated heterocycles. The highest BCUT2D eigenvalue weighted by atomic mass is 16.7. The van der Waals surface area contributed by atoms with Crippen molar-refractivity contribution in [3.8, 4) is 5.75 Å². The first-order chi connectivity index (χ1) is 13.2. The number of amides is 2. The molecule has 0 spiro atoms. The molecule has 1 aromatic carbocycles. The summed E-state index contributed by atoms with van der Waals surface area (Å²) in [7, 11) is 0. The van der Waals surface area contributed by atoms with E-state index >= 15 is 0 Å². The molecule has 1 aliphatic heterocycles. The van der Waals surface area contributed by atoms with Crippen molar-refractivity contribution in [3.05, 3.63) is 48.7 Å². The SMILES string of the molecule is CCOC(=O)Oc1ccc(NC(=O)N2CCN(c3ccccn3)CC2)cc1. The van der Waals surface area contributed by atoms with Gasteiger partial charge >= 0.3 is 12.2 Å². The number of nitrogens with one attached hydrogen (secondary N) is 1. The van der Waals surface area contributed by atoms with E-state index in [1.807, 2.05) is 18.2 Å². The minimum absolute atomic E-state index is 0.158. The number of hydrogen-bond donors (Lipinski definition) is 1. The van der Waals surface area contributed by atoms with Crippen molar-refractivity contribution in [3.63, 3.8) is 0 Å². The first-order valence-corrected chi connectivity index (χ1v) is 8.82. The molecule has 2 amide bonds. The van der Waals surface area contributed by atoms with E-state index in [1.54, 1.807) is 42.3 Å². The Morgan fingerprint density at radius 1 is 1.07 bits per heavy atom. The third kappa shape index (κ3) is 5.10. The van der Waals surface area contributed by atoms with Crippen LogP contribution in [0.1, 0.15) is 6.92 Å². The second kappa shape index (κ2) is 8.88. The van der Waals surface area contributed by atoms with Gasteiger partial charge in [-0.3, -0.25) is 0 Å². The van der Waals surface area contributed by atoms with Crippen LogP contribution in [0.5, 0.6) is 5.75 Å². The lowest BCUT2D eigenvalue weighted by molar-refractivity contribution is 0.104. The van der Waals surface area contributed by atoms with Crippen molar-refractivity contribution >= 4 is 23.7 Å². The maximum Gasteiger partial charge on any atom is 0.513 e. The van der Waals surface area contributed by atoms with Gasteiger partial charge in [0.05, 0.1) is 6.61 Å². The van der Waals surface area contributed by atoms with Crippen molar-refractivity contribution in [2.24, 2.45) is 0 Å². The van der Waals surface area contributed by atoms with E-state index < -0.39 is 6.16 Å². The molecule has 0 radical (unpaired) electrons. The van der Waals surface area contributed by atoms with Gasteiger partial charge in [0.15, 0.2) is 0 Å². The number of carbonyl (C=O) groups excluding carboxylic acids is 2. The Kier molecular flexibility index (Phi) is 6.09. The highest BCUT2D eigenvalue weighted by Crippen LogP contribution is 2.18. The average molecular weight is 370 g/mol. The molecule has 3 rings (SSSR count). The van der Waals surface area contributed by atoms with Crippen molar-refractivity contribution in [1.82, 2.24) is 9.88 Å². The molecule has 0 atom stereocenters. The number of piperazine rings is 1. The number of aromatic nitrogens is 1. The van der Waals surface area contributed by atoms with Gasteiger partial charge in [-0.05, 0) is 43.3 Å². The molecule has 142 valence electrons. The van der Waals surface area contributed by atoms with Crippen LogP contribution in [0.2, 0.25) is 0 Å². The largest absolute Gasteiger partial charge is 0.513 e. The quantitative estimate of drug-likeness (QED) is 0.658. The molecule has 8 heteroatoms. The van der Waals surface area contributed by atoms with E-state index in [1.165, 1.54) is 0 Å². The number of carbonyl (C=O) groups is 2. The van der Waals surface area contributed by atoms with Crippen LogP contribution in [0.4, 0.5) is 21.1 Å². The molecule has 1 fully saturated rings.